The Balaban J connectivity index is 2.21. The summed E-state index contributed by atoms with van der Waals surface area (Å²) in [4.78, 5) is 8.65. The number of rotatable bonds is 2. The van der Waals surface area contributed by atoms with Crippen LogP contribution in [-0.2, 0) is 0 Å². The van der Waals surface area contributed by atoms with Crippen LogP contribution < -0.4 is 4.74 Å². The van der Waals surface area contributed by atoms with Gasteiger partial charge in [0.25, 0.3) is 0 Å². The smallest absolute Gasteiger partial charge is 0.145 e. The fourth-order valence-corrected chi connectivity index (χ4v) is 2.30. The zero-order valence-corrected chi connectivity index (χ0v) is 10.3. The van der Waals surface area contributed by atoms with Gasteiger partial charge < -0.3 is 4.74 Å². The molecule has 0 atom stereocenters. The van der Waals surface area contributed by atoms with Crippen molar-refractivity contribution in [3.05, 3.63) is 42.1 Å². The van der Waals surface area contributed by atoms with Gasteiger partial charge in [0.1, 0.15) is 11.3 Å². The summed E-state index contributed by atoms with van der Waals surface area (Å²) < 4.78 is 5.36. The van der Waals surface area contributed by atoms with Crippen molar-refractivity contribution in [3.63, 3.8) is 0 Å². The monoisotopic (exact) mass is 238 g/mol. The third-order valence-corrected chi connectivity index (χ3v) is 3.18. The maximum Gasteiger partial charge on any atom is 0.145 e. The number of allylic oxidation sites excluding steroid dienone is 1. The number of hydrogen-bond donors (Lipinski definition) is 0. The van der Waals surface area contributed by atoms with Crippen LogP contribution in [0, 0.1) is 0 Å². The summed E-state index contributed by atoms with van der Waals surface area (Å²) in [5, 5.41) is 1.14. The molecule has 90 valence electrons. The second-order valence-electron chi connectivity index (χ2n) is 4.20. The lowest BCUT2D eigenvalue weighted by molar-refractivity contribution is 0.419. The van der Waals surface area contributed by atoms with E-state index in [1.807, 2.05) is 24.5 Å². The average molecular weight is 238 g/mol. The summed E-state index contributed by atoms with van der Waals surface area (Å²) in [6, 6.07) is 8.10. The summed E-state index contributed by atoms with van der Waals surface area (Å²) in [5.74, 6) is 0.819. The molecule has 0 saturated heterocycles. The highest BCUT2D eigenvalue weighted by Gasteiger charge is 2.10. The quantitative estimate of drug-likeness (QED) is 0.805. The Morgan fingerprint density at radius 3 is 2.94 bits per heavy atom. The predicted molar refractivity (Wildman–Crippen MR) is 74.2 cm³/mol. The van der Waals surface area contributed by atoms with Crippen molar-refractivity contribution in [1.29, 1.82) is 0 Å². The molecule has 3 nitrogen and oxygen atoms in total. The molecule has 0 radical (unpaired) electrons. The molecule has 0 unspecified atom stereocenters. The topological polar surface area (TPSA) is 34.5 Å². The van der Waals surface area contributed by atoms with Gasteiger partial charge in [-0.3, -0.25) is 9.98 Å². The molecule has 1 aliphatic rings. The lowest BCUT2D eigenvalue weighted by Crippen LogP contribution is -1.96. The van der Waals surface area contributed by atoms with Gasteiger partial charge in [0, 0.05) is 24.2 Å². The van der Waals surface area contributed by atoms with Crippen LogP contribution in [0.4, 0.5) is 0 Å². The molecule has 3 heteroatoms. The largest absolute Gasteiger partial charge is 0.494 e. The first-order chi connectivity index (χ1) is 8.90. The zero-order chi connectivity index (χ0) is 12.4. The van der Waals surface area contributed by atoms with E-state index in [1.165, 1.54) is 11.1 Å². The summed E-state index contributed by atoms with van der Waals surface area (Å²) in [6.07, 6.45) is 6.87. The van der Waals surface area contributed by atoms with Gasteiger partial charge in [-0.1, -0.05) is 18.2 Å². The Hall–Kier alpha value is -2.16. The Morgan fingerprint density at radius 2 is 2.17 bits per heavy atom. The molecule has 0 saturated carbocycles. The first-order valence-corrected chi connectivity index (χ1v) is 5.99. The average Bonchev–Trinajstić information content (AvgIpc) is 2.47. The molecule has 3 rings (SSSR count). The molecular formula is C15H14N2O. The van der Waals surface area contributed by atoms with Crippen molar-refractivity contribution in [2.45, 2.75) is 6.42 Å². The first-order valence-electron chi connectivity index (χ1n) is 5.99. The number of methoxy groups -OCH3 is 1. The van der Waals surface area contributed by atoms with E-state index in [4.69, 9.17) is 4.74 Å². The Kier molecular flexibility index (Phi) is 2.81. The SMILES string of the molecule is COc1cccc2c(C3=CCN=CC3)ccnc12. The summed E-state index contributed by atoms with van der Waals surface area (Å²) >= 11 is 0. The van der Waals surface area contributed by atoms with E-state index < -0.39 is 0 Å². The van der Waals surface area contributed by atoms with Crippen molar-refractivity contribution in [1.82, 2.24) is 4.98 Å². The fraction of sp³-hybridized carbons (Fsp3) is 0.200. The van der Waals surface area contributed by atoms with E-state index in [0.29, 0.717) is 0 Å². The molecule has 18 heavy (non-hydrogen) atoms. The standard InChI is InChI=1S/C15H14N2O/c1-18-14-4-2-3-13-12(7-10-17-15(13)14)11-5-8-16-9-6-11/h2-5,7,9-10H,6,8H2,1H3. The highest BCUT2D eigenvalue weighted by molar-refractivity contribution is 5.97. The van der Waals surface area contributed by atoms with Crippen molar-refractivity contribution in [3.8, 4) is 5.75 Å². The van der Waals surface area contributed by atoms with Gasteiger partial charge in [-0.2, -0.15) is 0 Å². The Labute approximate surface area is 106 Å². The van der Waals surface area contributed by atoms with Crippen molar-refractivity contribution < 1.29 is 4.74 Å². The molecular weight excluding hydrogens is 224 g/mol. The van der Waals surface area contributed by atoms with Crippen LogP contribution in [0.1, 0.15) is 12.0 Å². The van der Waals surface area contributed by atoms with E-state index in [0.717, 1.165) is 29.6 Å². The lowest BCUT2D eigenvalue weighted by atomic mass is 9.98. The number of hydrogen-bond acceptors (Lipinski definition) is 3. The van der Waals surface area contributed by atoms with Gasteiger partial charge in [0.15, 0.2) is 0 Å². The lowest BCUT2D eigenvalue weighted by Gasteiger charge is -2.12. The number of para-hydroxylation sites is 1. The van der Waals surface area contributed by atoms with Gasteiger partial charge in [0.05, 0.1) is 13.7 Å². The molecule has 1 aromatic heterocycles. The highest BCUT2D eigenvalue weighted by Crippen LogP contribution is 2.30. The predicted octanol–water partition coefficient (Wildman–Crippen LogP) is 3.10. The van der Waals surface area contributed by atoms with Crippen LogP contribution in [0.15, 0.2) is 41.5 Å². The molecule has 0 bridgehead atoms. The summed E-state index contributed by atoms with van der Waals surface area (Å²) in [7, 11) is 1.68. The minimum atomic E-state index is 0.767. The van der Waals surface area contributed by atoms with E-state index in [1.54, 1.807) is 7.11 Å². The number of aromatic nitrogens is 1. The van der Waals surface area contributed by atoms with E-state index >= 15 is 0 Å². The molecule has 0 N–H and O–H groups in total. The molecule has 2 aromatic rings. The van der Waals surface area contributed by atoms with E-state index in [9.17, 15) is 0 Å². The van der Waals surface area contributed by atoms with Gasteiger partial charge in [-0.25, -0.2) is 0 Å². The zero-order valence-electron chi connectivity index (χ0n) is 10.3. The minimum absolute atomic E-state index is 0.767. The second kappa shape index (κ2) is 4.61. The molecule has 1 aromatic carbocycles. The van der Waals surface area contributed by atoms with Gasteiger partial charge >= 0.3 is 0 Å². The van der Waals surface area contributed by atoms with Gasteiger partial charge in [-0.05, 0) is 23.3 Å². The summed E-state index contributed by atoms with van der Waals surface area (Å²) in [6.45, 7) is 0.767. The van der Waals surface area contributed by atoms with Crippen molar-refractivity contribution >= 4 is 22.7 Å². The molecule has 1 aliphatic heterocycles. The number of nitrogens with zero attached hydrogens (tertiary/aromatic N) is 2. The van der Waals surface area contributed by atoms with Crippen molar-refractivity contribution in [2.24, 2.45) is 4.99 Å². The number of pyridine rings is 1. The molecule has 0 aliphatic carbocycles. The Bertz CT molecular complexity index is 644. The number of ether oxygens (including phenoxy) is 1. The maximum atomic E-state index is 5.36. The van der Waals surface area contributed by atoms with Gasteiger partial charge in [-0.15, -0.1) is 0 Å². The molecule has 0 spiro atoms. The normalized spacial score (nSPS) is 14.6. The third-order valence-electron chi connectivity index (χ3n) is 3.18. The van der Waals surface area contributed by atoms with Gasteiger partial charge in [0.2, 0.25) is 0 Å². The van der Waals surface area contributed by atoms with Crippen LogP contribution in [-0.4, -0.2) is 24.9 Å². The number of benzene rings is 1. The van der Waals surface area contributed by atoms with E-state index in [-0.39, 0.29) is 0 Å². The molecule has 0 amide bonds. The highest BCUT2D eigenvalue weighted by atomic mass is 16.5. The summed E-state index contributed by atoms with van der Waals surface area (Å²) in [5.41, 5.74) is 3.46. The number of aliphatic imine (C=N–C) groups is 1. The minimum Gasteiger partial charge on any atom is -0.494 e. The molecule has 2 heterocycles. The number of dihydropyridines is 1. The van der Waals surface area contributed by atoms with Crippen LogP contribution in [0.25, 0.3) is 16.5 Å². The van der Waals surface area contributed by atoms with Crippen LogP contribution in [0.5, 0.6) is 5.75 Å². The number of fused-ring (bicyclic) bond motifs is 1. The van der Waals surface area contributed by atoms with Crippen molar-refractivity contribution in [2.75, 3.05) is 13.7 Å². The van der Waals surface area contributed by atoms with Crippen LogP contribution in [0.2, 0.25) is 0 Å². The second-order valence-corrected chi connectivity index (χ2v) is 4.20. The fourth-order valence-electron chi connectivity index (χ4n) is 2.30. The van der Waals surface area contributed by atoms with E-state index in [2.05, 4.69) is 28.2 Å². The van der Waals surface area contributed by atoms with Crippen LogP contribution >= 0.6 is 0 Å². The van der Waals surface area contributed by atoms with Crippen LogP contribution in [0.3, 0.4) is 0 Å². The maximum absolute atomic E-state index is 5.36. The Morgan fingerprint density at radius 1 is 1.22 bits per heavy atom. The third kappa shape index (κ3) is 1.78. The molecule has 0 fully saturated rings. The first kappa shape index (κ1) is 11.0.